The van der Waals surface area contributed by atoms with E-state index in [-0.39, 0.29) is 24.5 Å². The summed E-state index contributed by atoms with van der Waals surface area (Å²) in [5, 5.41) is 19.2. The summed E-state index contributed by atoms with van der Waals surface area (Å²) in [6.45, 7) is 5.10. The van der Waals surface area contributed by atoms with Crippen LogP contribution in [0.2, 0.25) is 0 Å². The topological polar surface area (TPSA) is 79.2 Å². The highest BCUT2D eigenvalue weighted by atomic mass is 16.3. The molecule has 0 aliphatic rings. The summed E-state index contributed by atoms with van der Waals surface area (Å²) in [6.07, 6.45) is 4.35. The first-order valence-electron chi connectivity index (χ1n) is 6.11. The van der Waals surface area contributed by atoms with E-state index in [1.807, 2.05) is 13.8 Å². The highest BCUT2D eigenvalue weighted by Gasteiger charge is 2.20. The lowest BCUT2D eigenvalue weighted by Crippen LogP contribution is -2.29. The van der Waals surface area contributed by atoms with Crippen molar-refractivity contribution < 1.29 is 9.90 Å². The van der Waals surface area contributed by atoms with Crippen molar-refractivity contribution in [1.29, 1.82) is 0 Å². The van der Waals surface area contributed by atoms with Crippen LogP contribution >= 0.6 is 0 Å². The smallest absolute Gasteiger partial charge is 0.241 e. The van der Waals surface area contributed by atoms with Gasteiger partial charge in [0.2, 0.25) is 5.91 Å². The van der Waals surface area contributed by atoms with Crippen molar-refractivity contribution in [2.75, 3.05) is 25.5 Å². The third kappa shape index (κ3) is 4.03. The van der Waals surface area contributed by atoms with E-state index in [1.165, 1.54) is 0 Å². The summed E-state index contributed by atoms with van der Waals surface area (Å²) in [5.74, 6) is -0.0848. The van der Waals surface area contributed by atoms with Crippen LogP contribution in [0.5, 0.6) is 0 Å². The van der Waals surface area contributed by atoms with Crippen molar-refractivity contribution in [3.05, 3.63) is 12.4 Å². The van der Waals surface area contributed by atoms with Gasteiger partial charge in [0.05, 0.1) is 18.5 Å². The molecule has 0 aliphatic carbocycles. The molecule has 6 nitrogen and oxygen atoms in total. The van der Waals surface area contributed by atoms with Crippen LogP contribution in [0.15, 0.2) is 12.4 Å². The first kappa shape index (κ1) is 14.5. The maximum atomic E-state index is 11.2. The summed E-state index contributed by atoms with van der Waals surface area (Å²) >= 11 is 0. The standard InChI is InChI=1S/C12H22N4O2/c1-4-12(2,9-17)8-14-10-5-15-16(6-10)7-11(18)13-3/h5-6,14,17H,4,7-9H2,1-3H3,(H,13,18). The van der Waals surface area contributed by atoms with Gasteiger partial charge < -0.3 is 15.7 Å². The van der Waals surface area contributed by atoms with Crippen LogP contribution < -0.4 is 10.6 Å². The Kier molecular flexibility index (Phi) is 5.15. The summed E-state index contributed by atoms with van der Waals surface area (Å²) in [5.41, 5.74) is 0.718. The molecule has 1 rings (SSSR count). The third-order valence-electron chi connectivity index (χ3n) is 3.17. The van der Waals surface area contributed by atoms with E-state index in [9.17, 15) is 9.90 Å². The van der Waals surface area contributed by atoms with E-state index in [0.717, 1.165) is 12.1 Å². The lowest BCUT2D eigenvalue weighted by Gasteiger charge is -2.25. The van der Waals surface area contributed by atoms with E-state index in [4.69, 9.17) is 0 Å². The Morgan fingerprint density at radius 3 is 2.89 bits per heavy atom. The van der Waals surface area contributed by atoms with Crippen molar-refractivity contribution in [2.45, 2.75) is 26.8 Å². The SMILES string of the molecule is CCC(C)(CO)CNc1cnn(CC(=O)NC)c1. The number of carbonyl (C=O) groups excluding carboxylic acids is 1. The van der Waals surface area contributed by atoms with Crippen molar-refractivity contribution >= 4 is 11.6 Å². The summed E-state index contributed by atoms with van der Waals surface area (Å²) in [7, 11) is 1.60. The van der Waals surface area contributed by atoms with Crippen molar-refractivity contribution in [3.63, 3.8) is 0 Å². The first-order valence-corrected chi connectivity index (χ1v) is 6.11. The number of hydrogen-bond donors (Lipinski definition) is 3. The molecule has 18 heavy (non-hydrogen) atoms. The molecule has 3 N–H and O–H groups in total. The number of aliphatic hydroxyl groups excluding tert-OH is 1. The molecule has 102 valence electrons. The Morgan fingerprint density at radius 1 is 1.61 bits per heavy atom. The summed E-state index contributed by atoms with van der Waals surface area (Å²) < 4.78 is 1.57. The molecular weight excluding hydrogens is 232 g/mol. The number of hydrogen-bond acceptors (Lipinski definition) is 4. The Morgan fingerprint density at radius 2 is 2.33 bits per heavy atom. The van der Waals surface area contributed by atoms with E-state index < -0.39 is 0 Å². The fourth-order valence-corrected chi connectivity index (χ4v) is 1.38. The summed E-state index contributed by atoms with van der Waals surface area (Å²) in [6, 6.07) is 0. The van der Waals surface area contributed by atoms with E-state index in [0.29, 0.717) is 6.54 Å². The fourth-order valence-electron chi connectivity index (χ4n) is 1.38. The second-order valence-corrected chi connectivity index (χ2v) is 4.78. The quantitative estimate of drug-likeness (QED) is 0.660. The van der Waals surface area contributed by atoms with Crippen LogP contribution in [0, 0.1) is 5.41 Å². The Labute approximate surface area is 107 Å². The average Bonchev–Trinajstić information content (AvgIpc) is 2.83. The molecule has 1 unspecified atom stereocenters. The van der Waals surface area contributed by atoms with Gasteiger partial charge >= 0.3 is 0 Å². The minimum Gasteiger partial charge on any atom is -0.396 e. The number of amides is 1. The van der Waals surface area contributed by atoms with Gasteiger partial charge in [0.15, 0.2) is 0 Å². The zero-order valence-electron chi connectivity index (χ0n) is 11.2. The zero-order valence-corrected chi connectivity index (χ0v) is 11.2. The van der Waals surface area contributed by atoms with Crippen LogP contribution in [-0.2, 0) is 11.3 Å². The number of aromatic nitrogens is 2. The number of rotatable bonds is 7. The monoisotopic (exact) mass is 254 g/mol. The van der Waals surface area contributed by atoms with E-state index in [2.05, 4.69) is 15.7 Å². The highest BCUT2D eigenvalue weighted by Crippen LogP contribution is 2.20. The first-order chi connectivity index (χ1) is 8.53. The maximum Gasteiger partial charge on any atom is 0.241 e. The van der Waals surface area contributed by atoms with Gasteiger partial charge in [-0.3, -0.25) is 9.48 Å². The lowest BCUT2D eigenvalue weighted by molar-refractivity contribution is -0.121. The molecule has 1 heterocycles. The average molecular weight is 254 g/mol. The molecule has 1 atom stereocenters. The normalized spacial score (nSPS) is 14.0. The molecular formula is C12H22N4O2. The molecule has 0 fully saturated rings. The zero-order chi connectivity index (χ0) is 13.6. The van der Waals surface area contributed by atoms with Gasteiger partial charge in [-0.25, -0.2) is 0 Å². The predicted molar refractivity (Wildman–Crippen MR) is 70.3 cm³/mol. The van der Waals surface area contributed by atoms with Crippen molar-refractivity contribution in [2.24, 2.45) is 5.41 Å². The Balaban J connectivity index is 2.51. The van der Waals surface area contributed by atoms with Crippen molar-refractivity contribution in [3.8, 4) is 0 Å². The molecule has 0 aromatic carbocycles. The van der Waals surface area contributed by atoms with Crippen LogP contribution in [0.4, 0.5) is 5.69 Å². The van der Waals surface area contributed by atoms with Gasteiger partial charge in [-0.15, -0.1) is 0 Å². The van der Waals surface area contributed by atoms with Gasteiger partial charge in [0.1, 0.15) is 6.54 Å². The largest absolute Gasteiger partial charge is 0.396 e. The fraction of sp³-hybridized carbons (Fsp3) is 0.667. The predicted octanol–water partition coefficient (Wildman–Crippen LogP) is 0.450. The molecule has 0 bridgehead atoms. The minimum absolute atomic E-state index is 0.0848. The number of likely N-dealkylation sites (N-methyl/N-ethyl adjacent to an activating group) is 1. The Hall–Kier alpha value is -1.56. The molecule has 0 spiro atoms. The molecule has 1 amide bonds. The highest BCUT2D eigenvalue weighted by molar-refractivity contribution is 5.75. The van der Waals surface area contributed by atoms with Gasteiger partial charge in [-0.2, -0.15) is 5.10 Å². The van der Waals surface area contributed by atoms with Gasteiger partial charge in [-0.1, -0.05) is 13.8 Å². The second-order valence-electron chi connectivity index (χ2n) is 4.78. The Bertz CT molecular complexity index is 385. The lowest BCUT2D eigenvalue weighted by atomic mass is 9.89. The summed E-state index contributed by atoms with van der Waals surface area (Å²) in [4.78, 5) is 11.2. The molecule has 0 saturated heterocycles. The molecule has 1 aromatic rings. The molecule has 6 heteroatoms. The van der Waals surface area contributed by atoms with Crippen LogP contribution in [0.25, 0.3) is 0 Å². The number of nitrogens with zero attached hydrogens (tertiary/aromatic N) is 2. The van der Waals surface area contributed by atoms with Crippen LogP contribution in [0.1, 0.15) is 20.3 Å². The van der Waals surface area contributed by atoms with Gasteiger partial charge in [0.25, 0.3) is 0 Å². The van der Waals surface area contributed by atoms with Crippen LogP contribution in [-0.4, -0.2) is 41.0 Å². The molecule has 0 saturated carbocycles. The minimum atomic E-state index is -0.136. The molecule has 0 radical (unpaired) electrons. The number of anilines is 1. The third-order valence-corrected chi connectivity index (χ3v) is 3.17. The molecule has 1 aromatic heterocycles. The maximum absolute atomic E-state index is 11.2. The number of nitrogens with one attached hydrogen (secondary N) is 2. The van der Waals surface area contributed by atoms with E-state index in [1.54, 1.807) is 24.1 Å². The molecule has 0 aliphatic heterocycles. The second kappa shape index (κ2) is 6.39. The van der Waals surface area contributed by atoms with E-state index >= 15 is 0 Å². The number of carbonyl (C=O) groups is 1. The van der Waals surface area contributed by atoms with Gasteiger partial charge in [-0.05, 0) is 6.42 Å². The van der Waals surface area contributed by atoms with Crippen LogP contribution in [0.3, 0.4) is 0 Å². The number of aliphatic hydroxyl groups is 1. The van der Waals surface area contributed by atoms with Gasteiger partial charge in [0, 0.05) is 25.2 Å². The van der Waals surface area contributed by atoms with Crippen molar-refractivity contribution in [1.82, 2.24) is 15.1 Å².